The quantitative estimate of drug-likeness (QED) is 0.398. The van der Waals surface area contributed by atoms with Crippen molar-refractivity contribution < 1.29 is 19.7 Å². The molecule has 0 aliphatic heterocycles. The SMILES string of the molecule is C=CC(=O)OCC(O)CO.CCCCCC. The Morgan fingerprint density at radius 2 is 1.88 bits per heavy atom. The van der Waals surface area contributed by atoms with Gasteiger partial charge in [0.15, 0.2) is 0 Å². The number of hydrogen-bond acceptors (Lipinski definition) is 4. The van der Waals surface area contributed by atoms with Crippen molar-refractivity contribution in [3.05, 3.63) is 12.7 Å². The number of aliphatic hydroxyl groups is 2. The van der Waals surface area contributed by atoms with Gasteiger partial charge in [-0.1, -0.05) is 46.1 Å². The zero-order chi connectivity index (χ0) is 12.8. The average molecular weight is 232 g/mol. The number of aliphatic hydroxyl groups excluding tert-OH is 2. The van der Waals surface area contributed by atoms with Crippen molar-refractivity contribution in [3.63, 3.8) is 0 Å². The van der Waals surface area contributed by atoms with Gasteiger partial charge < -0.3 is 14.9 Å². The van der Waals surface area contributed by atoms with E-state index in [1.54, 1.807) is 0 Å². The van der Waals surface area contributed by atoms with Gasteiger partial charge in [0.05, 0.1) is 6.61 Å². The first-order valence-corrected chi connectivity index (χ1v) is 5.70. The molecule has 0 saturated carbocycles. The van der Waals surface area contributed by atoms with Crippen molar-refractivity contribution in [1.82, 2.24) is 0 Å². The summed E-state index contributed by atoms with van der Waals surface area (Å²) in [6.45, 7) is 7.00. The molecule has 0 radical (unpaired) electrons. The molecule has 0 spiro atoms. The molecule has 1 atom stereocenters. The summed E-state index contributed by atoms with van der Waals surface area (Å²) in [5.41, 5.74) is 0. The van der Waals surface area contributed by atoms with Crippen molar-refractivity contribution in [1.29, 1.82) is 0 Å². The Hall–Kier alpha value is -0.870. The highest BCUT2D eigenvalue weighted by atomic mass is 16.5. The highest BCUT2D eigenvalue weighted by molar-refractivity contribution is 5.81. The number of unbranched alkanes of at least 4 members (excludes halogenated alkanes) is 3. The monoisotopic (exact) mass is 232 g/mol. The van der Waals surface area contributed by atoms with E-state index in [9.17, 15) is 4.79 Å². The third kappa shape index (κ3) is 15.6. The lowest BCUT2D eigenvalue weighted by molar-refractivity contribution is -0.141. The second-order valence-electron chi connectivity index (χ2n) is 3.38. The van der Waals surface area contributed by atoms with Crippen LogP contribution in [0.4, 0.5) is 0 Å². The van der Waals surface area contributed by atoms with Crippen LogP contribution in [-0.4, -0.2) is 35.5 Å². The van der Waals surface area contributed by atoms with Gasteiger partial charge in [-0.2, -0.15) is 0 Å². The van der Waals surface area contributed by atoms with E-state index in [-0.39, 0.29) is 6.61 Å². The van der Waals surface area contributed by atoms with E-state index in [1.807, 2.05) is 0 Å². The minimum atomic E-state index is -0.996. The third-order valence-corrected chi connectivity index (χ3v) is 1.75. The van der Waals surface area contributed by atoms with E-state index in [0.717, 1.165) is 6.08 Å². The Morgan fingerprint density at radius 1 is 1.38 bits per heavy atom. The van der Waals surface area contributed by atoms with E-state index in [1.165, 1.54) is 25.7 Å². The molecule has 1 unspecified atom stereocenters. The summed E-state index contributed by atoms with van der Waals surface area (Å²) in [5.74, 6) is -0.604. The topological polar surface area (TPSA) is 66.8 Å². The maximum atomic E-state index is 10.3. The van der Waals surface area contributed by atoms with E-state index >= 15 is 0 Å². The second-order valence-corrected chi connectivity index (χ2v) is 3.38. The molecule has 0 amide bonds. The van der Waals surface area contributed by atoms with Crippen LogP contribution in [0.3, 0.4) is 0 Å². The normalized spacial score (nSPS) is 11.0. The van der Waals surface area contributed by atoms with Gasteiger partial charge in [0.25, 0.3) is 0 Å². The van der Waals surface area contributed by atoms with Crippen molar-refractivity contribution in [2.24, 2.45) is 0 Å². The van der Waals surface area contributed by atoms with Gasteiger partial charge in [0, 0.05) is 6.08 Å². The van der Waals surface area contributed by atoms with Crippen LogP contribution in [-0.2, 0) is 9.53 Å². The van der Waals surface area contributed by atoms with Crippen molar-refractivity contribution in [2.45, 2.75) is 45.6 Å². The molecule has 0 saturated heterocycles. The molecule has 2 N–H and O–H groups in total. The fourth-order valence-corrected chi connectivity index (χ4v) is 0.790. The fraction of sp³-hybridized carbons (Fsp3) is 0.750. The summed E-state index contributed by atoms with van der Waals surface area (Å²) >= 11 is 0. The number of hydrogen-bond donors (Lipinski definition) is 2. The Labute approximate surface area is 97.9 Å². The average Bonchev–Trinajstić information content (AvgIpc) is 2.33. The minimum absolute atomic E-state index is 0.193. The molecule has 0 aliphatic rings. The van der Waals surface area contributed by atoms with Crippen LogP contribution in [0, 0.1) is 0 Å². The number of ether oxygens (including phenoxy) is 1. The lowest BCUT2D eigenvalue weighted by Gasteiger charge is -2.05. The molecule has 0 fully saturated rings. The van der Waals surface area contributed by atoms with Gasteiger partial charge in [0.1, 0.15) is 12.7 Å². The van der Waals surface area contributed by atoms with E-state index in [0.29, 0.717) is 0 Å². The summed E-state index contributed by atoms with van der Waals surface area (Å²) in [6.07, 6.45) is 5.53. The molecular weight excluding hydrogens is 208 g/mol. The first-order chi connectivity index (χ1) is 7.62. The molecule has 0 heterocycles. The predicted molar refractivity (Wildman–Crippen MR) is 64.1 cm³/mol. The maximum absolute atomic E-state index is 10.3. The first-order valence-electron chi connectivity index (χ1n) is 5.70. The number of carbonyl (C=O) groups is 1. The van der Waals surface area contributed by atoms with Gasteiger partial charge in [-0.15, -0.1) is 0 Å². The molecule has 0 bridgehead atoms. The van der Waals surface area contributed by atoms with Crippen LogP contribution in [0.2, 0.25) is 0 Å². The molecule has 0 aromatic heterocycles. The number of rotatable bonds is 7. The maximum Gasteiger partial charge on any atom is 0.330 e. The van der Waals surface area contributed by atoms with Gasteiger partial charge in [-0.05, 0) is 0 Å². The Morgan fingerprint density at radius 3 is 2.19 bits per heavy atom. The highest BCUT2D eigenvalue weighted by Crippen LogP contribution is 1.95. The lowest BCUT2D eigenvalue weighted by atomic mass is 10.2. The molecule has 96 valence electrons. The third-order valence-electron chi connectivity index (χ3n) is 1.75. The summed E-state index contributed by atoms with van der Waals surface area (Å²) < 4.78 is 4.38. The van der Waals surface area contributed by atoms with Crippen LogP contribution in [0.25, 0.3) is 0 Å². The Bertz CT molecular complexity index is 164. The van der Waals surface area contributed by atoms with Crippen LogP contribution in [0.15, 0.2) is 12.7 Å². The molecule has 4 nitrogen and oxygen atoms in total. The van der Waals surface area contributed by atoms with E-state index in [4.69, 9.17) is 10.2 Å². The van der Waals surface area contributed by atoms with Crippen LogP contribution in [0.5, 0.6) is 0 Å². The van der Waals surface area contributed by atoms with Crippen LogP contribution < -0.4 is 0 Å². The number of esters is 1. The fourth-order valence-electron chi connectivity index (χ4n) is 0.790. The van der Waals surface area contributed by atoms with Crippen molar-refractivity contribution in [3.8, 4) is 0 Å². The molecule has 0 aromatic rings. The molecule has 0 rings (SSSR count). The Balaban J connectivity index is 0. The zero-order valence-electron chi connectivity index (χ0n) is 10.3. The van der Waals surface area contributed by atoms with Gasteiger partial charge in [-0.25, -0.2) is 4.79 Å². The summed E-state index contributed by atoms with van der Waals surface area (Å²) in [7, 11) is 0. The van der Waals surface area contributed by atoms with Gasteiger partial charge >= 0.3 is 5.97 Å². The minimum Gasteiger partial charge on any atom is -0.460 e. The standard InChI is InChI=1S/C6H10O4.C6H14/c1-2-6(9)10-4-5(8)3-7;1-3-5-6-4-2/h2,5,7-8H,1,3-4H2;3-6H2,1-2H3. The van der Waals surface area contributed by atoms with Crippen molar-refractivity contribution >= 4 is 5.97 Å². The first kappa shape index (κ1) is 17.5. The van der Waals surface area contributed by atoms with Crippen LogP contribution >= 0.6 is 0 Å². The molecule has 0 aliphatic carbocycles. The molecule has 16 heavy (non-hydrogen) atoms. The van der Waals surface area contributed by atoms with E-state index in [2.05, 4.69) is 25.2 Å². The molecular formula is C12H24O4. The summed E-state index contributed by atoms with van der Waals surface area (Å²) in [6, 6.07) is 0. The zero-order valence-corrected chi connectivity index (χ0v) is 10.3. The highest BCUT2D eigenvalue weighted by Gasteiger charge is 2.03. The predicted octanol–water partition coefficient (Wildman–Crippen LogP) is 1.66. The summed E-state index contributed by atoms with van der Waals surface area (Å²) in [5, 5.41) is 16.9. The summed E-state index contributed by atoms with van der Waals surface area (Å²) in [4.78, 5) is 10.3. The number of carbonyl (C=O) groups excluding carboxylic acids is 1. The van der Waals surface area contributed by atoms with Gasteiger partial charge in [-0.3, -0.25) is 0 Å². The van der Waals surface area contributed by atoms with E-state index < -0.39 is 18.7 Å². The molecule has 0 aromatic carbocycles. The Kier molecular flexibility index (Phi) is 15.5. The molecule has 4 heteroatoms. The van der Waals surface area contributed by atoms with Crippen molar-refractivity contribution in [2.75, 3.05) is 13.2 Å². The second kappa shape index (κ2) is 14.1. The van der Waals surface area contributed by atoms with Gasteiger partial charge in [0.2, 0.25) is 0 Å². The van der Waals surface area contributed by atoms with Crippen LogP contribution in [0.1, 0.15) is 39.5 Å². The largest absolute Gasteiger partial charge is 0.460 e. The lowest BCUT2D eigenvalue weighted by Crippen LogP contribution is -2.21. The smallest absolute Gasteiger partial charge is 0.330 e.